The molecule has 1 saturated heterocycles. The minimum Gasteiger partial charge on any atom is -0.497 e. The average molecular weight is 581 g/mol. The van der Waals surface area contributed by atoms with Crippen LogP contribution in [0.15, 0.2) is 72.9 Å². The molecule has 0 saturated carbocycles. The number of nitrogens with zero attached hydrogens (tertiary/aromatic N) is 3. The smallest absolute Gasteiger partial charge is 0.323 e. The second-order valence-corrected chi connectivity index (χ2v) is 9.55. The molecule has 3 aromatic carbocycles. The molecule has 4 aromatic rings. The van der Waals surface area contributed by atoms with Crippen molar-refractivity contribution in [1.82, 2.24) is 9.97 Å². The maximum absolute atomic E-state index is 12.8. The number of morpholine rings is 1. The number of amides is 2. The summed E-state index contributed by atoms with van der Waals surface area (Å²) in [5.74, 6) is 1.47. The van der Waals surface area contributed by atoms with Crippen LogP contribution < -0.4 is 30.3 Å². The second-order valence-electron chi connectivity index (χ2n) is 8.67. The largest absolute Gasteiger partial charge is 0.497 e. The van der Waals surface area contributed by atoms with Crippen molar-refractivity contribution in [1.29, 1.82) is 0 Å². The first kappa shape index (κ1) is 27.3. The van der Waals surface area contributed by atoms with E-state index in [0.29, 0.717) is 40.4 Å². The summed E-state index contributed by atoms with van der Waals surface area (Å²) < 4.78 is 16.9. The van der Waals surface area contributed by atoms with Gasteiger partial charge in [-0.05, 0) is 42.5 Å². The molecule has 206 valence electrons. The zero-order chi connectivity index (χ0) is 27.9. The molecular formula is C28H26Cl2N6O4. The number of hydrogen-bond donors (Lipinski definition) is 3. The molecule has 0 spiro atoms. The number of para-hydroxylation sites is 2. The van der Waals surface area contributed by atoms with E-state index in [2.05, 4.69) is 30.8 Å². The number of methoxy groups -OCH3 is 1. The molecule has 3 N–H and O–H groups in total. The van der Waals surface area contributed by atoms with E-state index in [1.54, 1.807) is 49.6 Å². The van der Waals surface area contributed by atoms with E-state index in [9.17, 15) is 4.79 Å². The number of carbonyl (C=O) groups is 1. The Kier molecular flexibility index (Phi) is 8.70. The number of ether oxygens (including phenoxy) is 3. The van der Waals surface area contributed by atoms with E-state index < -0.39 is 6.03 Å². The minimum atomic E-state index is -0.559. The van der Waals surface area contributed by atoms with Crippen LogP contribution >= 0.6 is 23.2 Å². The van der Waals surface area contributed by atoms with Crippen molar-refractivity contribution in [3.63, 3.8) is 0 Å². The van der Waals surface area contributed by atoms with E-state index >= 15 is 0 Å². The Balaban J connectivity index is 1.42. The molecule has 0 unspecified atom stereocenters. The highest BCUT2D eigenvalue weighted by Crippen LogP contribution is 2.33. The van der Waals surface area contributed by atoms with Gasteiger partial charge in [0.1, 0.15) is 17.2 Å². The maximum atomic E-state index is 12.8. The fourth-order valence-electron chi connectivity index (χ4n) is 4.06. The quantitative estimate of drug-likeness (QED) is 0.208. The van der Waals surface area contributed by atoms with Gasteiger partial charge in [0.15, 0.2) is 0 Å². The first-order chi connectivity index (χ1) is 19.5. The molecule has 5 rings (SSSR count). The first-order valence-corrected chi connectivity index (χ1v) is 13.1. The second kappa shape index (κ2) is 12.7. The molecule has 2 amide bonds. The van der Waals surface area contributed by atoms with Crippen molar-refractivity contribution in [3.05, 3.63) is 83.0 Å². The van der Waals surface area contributed by atoms with Crippen LogP contribution in [-0.2, 0) is 4.74 Å². The number of carbonyl (C=O) groups excluding carboxylic acids is 1. The Morgan fingerprint density at radius 1 is 0.925 bits per heavy atom. The van der Waals surface area contributed by atoms with Crippen LogP contribution in [0.3, 0.4) is 0 Å². The van der Waals surface area contributed by atoms with Crippen LogP contribution in [0.25, 0.3) is 0 Å². The molecule has 2 heterocycles. The van der Waals surface area contributed by atoms with Gasteiger partial charge < -0.3 is 35.1 Å². The topological polar surface area (TPSA) is 110 Å². The first-order valence-electron chi connectivity index (χ1n) is 12.4. The number of aromatic nitrogens is 2. The highest BCUT2D eigenvalue weighted by atomic mass is 35.5. The van der Waals surface area contributed by atoms with Crippen molar-refractivity contribution < 1.29 is 19.0 Å². The summed E-state index contributed by atoms with van der Waals surface area (Å²) in [4.78, 5) is 24.1. The van der Waals surface area contributed by atoms with Gasteiger partial charge in [0, 0.05) is 34.9 Å². The van der Waals surface area contributed by atoms with E-state index in [1.807, 2.05) is 24.3 Å². The number of rotatable bonds is 8. The van der Waals surface area contributed by atoms with Crippen LogP contribution in [0.4, 0.5) is 33.5 Å². The highest BCUT2D eigenvalue weighted by molar-refractivity contribution is 6.35. The monoisotopic (exact) mass is 580 g/mol. The highest BCUT2D eigenvalue weighted by Gasteiger charge is 2.18. The Morgan fingerprint density at radius 2 is 1.68 bits per heavy atom. The predicted octanol–water partition coefficient (Wildman–Crippen LogP) is 6.81. The fraction of sp³-hybridized carbons (Fsp3) is 0.179. The number of nitrogens with one attached hydrogen (secondary N) is 3. The van der Waals surface area contributed by atoms with Crippen molar-refractivity contribution in [2.24, 2.45) is 0 Å². The zero-order valence-corrected chi connectivity index (χ0v) is 23.0. The lowest BCUT2D eigenvalue weighted by Crippen LogP contribution is -2.36. The molecule has 1 aliphatic heterocycles. The number of hydrogen-bond acceptors (Lipinski definition) is 8. The van der Waals surface area contributed by atoms with Crippen LogP contribution in [0.1, 0.15) is 0 Å². The third-order valence-corrected chi connectivity index (χ3v) is 6.32. The van der Waals surface area contributed by atoms with Crippen molar-refractivity contribution in [2.75, 3.05) is 54.3 Å². The third kappa shape index (κ3) is 7.03. The van der Waals surface area contributed by atoms with Gasteiger partial charge in [-0.1, -0.05) is 41.4 Å². The van der Waals surface area contributed by atoms with Gasteiger partial charge in [-0.25, -0.2) is 9.78 Å². The summed E-state index contributed by atoms with van der Waals surface area (Å²) in [6.45, 7) is 2.87. The molecule has 0 bridgehead atoms. The molecule has 0 radical (unpaired) electrons. The van der Waals surface area contributed by atoms with Gasteiger partial charge in [-0.15, -0.1) is 0 Å². The lowest BCUT2D eigenvalue weighted by Gasteiger charge is -2.30. The summed E-state index contributed by atoms with van der Waals surface area (Å²) in [7, 11) is 1.57. The van der Waals surface area contributed by atoms with Gasteiger partial charge in [0.25, 0.3) is 0 Å². The maximum Gasteiger partial charge on any atom is 0.323 e. The predicted molar refractivity (Wildman–Crippen MR) is 157 cm³/mol. The van der Waals surface area contributed by atoms with E-state index in [4.69, 9.17) is 37.4 Å². The molecule has 40 heavy (non-hydrogen) atoms. The Morgan fingerprint density at radius 3 is 2.45 bits per heavy atom. The number of urea groups is 1. The molecule has 12 heteroatoms. The zero-order valence-electron chi connectivity index (χ0n) is 21.5. The molecule has 10 nitrogen and oxygen atoms in total. The van der Waals surface area contributed by atoms with Crippen LogP contribution in [0.2, 0.25) is 10.0 Å². The van der Waals surface area contributed by atoms with Gasteiger partial charge in [-0.2, -0.15) is 4.98 Å². The summed E-state index contributed by atoms with van der Waals surface area (Å²) in [6, 6.07) is 19.1. The standard InChI is InChI=1S/C28H26Cl2N6O4/c1-38-21-5-4-6-22(16-21)40-26-24(34-28(37)32-20-14-18(29)13-19(30)15-20)17-31-27(35-26)33-23-7-2-3-8-25(23)36-9-11-39-12-10-36/h2-8,13-17H,9-12H2,1H3,(H,31,33,35)(H2,32,34,37). The average Bonchev–Trinajstić information content (AvgIpc) is 2.95. The van der Waals surface area contributed by atoms with E-state index in [0.717, 1.165) is 24.5 Å². The van der Waals surface area contributed by atoms with E-state index in [-0.39, 0.29) is 17.5 Å². The minimum absolute atomic E-state index is 0.119. The summed E-state index contributed by atoms with van der Waals surface area (Å²) in [6.07, 6.45) is 1.46. The number of halogens is 2. The van der Waals surface area contributed by atoms with Crippen LogP contribution in [0, 0.1) is 0 Å². The van der Waals surface area contributed by atoms with Gasteiger partial charge in [-0.3, -0.25) is 0 Å². The molecule has 0 aliphatic carbocycles. The molecule has 1 aliphatic rings. The Bertz CT molecular complexity index is 1480. The van der Waals surface area contributed by atoms with Crippen molar-refractivity contribution in [2.45, 2.75) is 0 Å². The lowest BCUT2D eigenvalue weighted by molar-refractivity contribution is 0.123. The van der Waals surface area contributed by atoms with Gasteiger partial charge in [0.2, 0.25) is 11.8 Å². The molecule has 1 fully saturated rings. The SMILES string of the molecule is COc1cccc(Oc2nc(Nc3ccccc3N3CCOCC3)ncc2NC(=O)Nc2cc(Cl)cc(Cl)c2)c1. The van der Waals surface area contributed by atoms with E-state index in [1.165, 1.54) is 6.20 Å². The third-order valence-electron chi connectivity index (χ3n) is 5.88. The van der Waals surface area contributed by atoms with Gasteiger partial charge in [0.05, 0.1) is 37.9 Å². The van der Waals surface area contributed by atoms with Crippen molar-refractivity contribution >= 4 is 57.9 Å². The lowest BCUT2D eigenvalue weighted by atomic mass is 10.2. The molecule has 1 aromatic heterocycles. The number of anilines is 5. The normalized spacial score (nSPS) is 12.9. The molecular weight excluding hydrogens is 555 g/mol. The summed E-state index contributed by atoms with van der Waals surface area (Å²) in [5.41, 5.74) is 2.49. The van der Waals surface area contributed by atoms with Crippen LogP contribution in [0.5, 0.6) is 17.4 Å². The summed E-state index contributed by atoms with van der Waals surface area (Å²) in [5, 5.41) is 9.50. The fourth-order valence-corrected chi connectivity index (χ4v) is 4.58. The van der Waals surface area contributed by atoms with Crippen molar-refractivity contribution in [3.8, 4) is 17.4 Å². The Labute approximate surface area is 241 Å². The van der Waals surface area contributed by atoms with Gasteiger partial charge >= 0.3 is 6.03 Å². The molecule has 0 atom stereocenters. The Hall–Kier alpha value is -4.25. The number of benzene rings is 3. The van der Waals surface area contributed by atoms with Crippen LogP contribution in [-0.4, -0.2) is 49.4 Å². The summed E-state index contributed by atoms with van der Waals surface area (Å²) >= 11 is 12.1.